The van der Waals surface area contributed by atoms with Crippen LogP contribution in [0.3, 0.4) is 0 Å². The normalized spacial score (nSPS) is 10.9. The fourth-order valence-electron chi connectivity index (χ4n) is 3.09. The van der Waals surface area contributed by atoms with Gasteiger partial charge in [-0.05, 0) is 63.1 Å². The van der Waals surface area contributed by atoms with Gasteiger partial charge in [0.05, 0.1) is 29.3 Å². The molecule has 30 heavy (non-hydrogen) atoms. The SMILES string of the molecule is Cc1ccc(-n2nnc(-c3nc(C)c(C(=O)NCc4ccccn4)s3)c2C)cc1C. The molecule has 7 nitrogen and oxygen atoms in total. The molecule has 4 rings (SSSR count). The van der Waals surface area contributed by atoms with Gasteiger partial charge in [-0.2, -0.15) is 0 Å². The maximum absolute atomic E-state index is 12.7. The van der Waals surface area contributed by atoms with Crippen molar-refractivity contribution in [3.05, 3.63) is 75.7 Å². The number of benzene rings is 1. The summed E-state index contributed by atoms with van der Waals surface area (Å²) in [5, 5.41) is 12.2. The molecule has 8 heteroatoms. The Kier molecular flexibility index (Phi) is 5.41. The smallest absolute Gasteiger partial charge is 0.263 e. The molecule has 0 fully saturated rings. The van der Waals surface area contributed by atoms with Gasteiger partial charge in [0.1, 0.15) is 15.6 Å². The minimum atomic E-state index is -0.166. The molecule has 3 aromatic heterocycles. The van der Waals surface area contributed by atoms with Gasteiger partial charge in [-0.15, -0.1) is 16.4 Å². The van der Waals surface area contributed by atoms with E-state index in [4.69, 9.17) is 0 Å². The maximum atomic E-state index is 12.7. The van der Waals surface area contributed by atoms with E-state index in [1.165, 1.54) is 22.5 Å². The Morgan fingerprint density at radius 2 is 1.93 bits per heavy atom. The molecule has 0 saturated carbocycles. The topological polar surface area (TPSA) is 85.6 Å². The van der Waals surface area contributed by atoms with E-state index in [2.05, 4.69) is 51.6 Å². The predicted molar refractivity (Wildman–Crippen MR) is 117 cm³/mol. The predicted octanol–water partition coefficient (Wildman–Crippen LogP) is 3.95. The monoisotopic (exact) mass is 418 g/mol. The lowest BCUT2D eigenvalue weighted by Crippen LogP contribution is -2.23. The lowest BCUT2D eigenvalue weighted by atomic mass is 10.1. The number of hydrogen-bond acceptors (Lipinski definition) is 6. The van der Waals surface area contributed by atoms with Crippen molar-refractivity contribution < 1.29 is 4.79 Å². The Bertz CT molecular complexity index is 1210. The lowest BCUT2D eigenvalue weighted by Gasteiger charge is -2.06. The molecule has 0 atom stereocenters. The Morgan fingerprint density at radius 3 is 2.67 bits per heavy atom. The van der Waals surface area contributed by atoms with Crippen molar-refractivity contribution in [2.45, 2.75) is 34.2 Å². The minimum Gasteiger partial charge on any atom is -0.346 e. The first-order chi connectivity index (χ1) is 14.4. The molecule has 3 heterocycles. The minimum absolute atomic E-state index is 0.166. The van der Waals surface area contributed by atoms with Crippen molar-refractivity contribution in [3.8, 4) is 16.4 Å². The van der Waals surface area contributed by atoms with Crippen molar-refractivity contribution in [1.29, 1.82) is 0 Å². The maximum Gasteiger partial charge on any atom is 0.263 e. The molecule has 0 saturated heterocycles. The number of pyridine rings is 1. The quantitative estimate of drug-likeness (QED) is 0.530. The highest BCUT2D eigenvalue weighted by Crippen LogP contribution is 2.29. The van der Waals surface area contributed by atoms with Gasteiger partial charge in [-0.25, -0.2) is 9.67 Å². The van der Waals surface area contributed by atoms with Gasteiger partial charge in [0, 0.05) is 6.20 Å². The summed E-state index contributed by atoms with van der Waals surface area (Å²) in [5.41, 5.74) is 6.43. The molecular formula is C22H22N6OS. The standard InChI is InChI=1S/C22H22N6OS/c1-13-8-9-18(11-14(13)2)28-16(4)19(26-27-28)22-25-15(3)20(30-22)21(29)24-12-17-7-5-6-10-23-17/h5-11H,12H2,1-4H3,(H,24,29). The van der Waals surface area contributed by atoms with Crippen molar-refractivity contribution in [1.82, 2.24) is 30.3 Å². The average molecular weight is 419 g/mol. The van der Waals surface area contributed by atoms with Crippen LogP contribution in [0, 0.1) is 27.7 Å². The first-order valence-corrected chi connectivity index (χ1v) is 10.4. The lowest BCUT2D eigenvalue weighted by molar-refractivity contribution is 0.0953. The number of thiazole rings is 1. The summed E-state index contributed by atoms with van der Waals surface area (Å²) in [5.74, 6) is -0.166. The highest BCUT2D eigenvalue weighted by atomic mass is 32.1. The number of amides is 1. The number of rotatable bonds is 5. The third-order valence-corrected chi connectivity index (χ3v) is 6.15. The third kappa shape index (κ3) is 3.86. The van der Waals surface area contributed by atoms with Gasteiger partial charge in [0.25, 0.3) is 5.91 Å². The second kappa shape index (κ2) is 8.16. The van der Waals surface area contributed by atoms with Crippen LogP contribution in [0.4, 0.5) is 0 Å². The van der Waals surface area contributed by atoms with E-state index in [1.54, 1.807) is 10.9 Å². The molecule has 0 aliphatic carbocycles. The summed E-state index contributed by atoms with van der Waals surface area (Å²) in [6.07, 6.45) is 1.71. The van der Waals surface area contributed by atoms with Crippen molar-refractivity contribution in [2.24, 2.45) is 0 Å². The Labute approximate surface area is 178 Å². The molecule has 0 aliphatic rings. The highest BCUT2D eigenvalue weighted by molar-refractivity contribution is 7.17. The zero-order valence-corrected chi connectivity index (χ0v) is 18.1. The molecular weight excluding hydrogens is 396 g/mol. The molecule has 152 valence electrons. The number of nitrogens with zero attached hydrogens (tertiary/aromatic N) is 5. The summed E-state index contributed by atoms with van der Waals surface area (Å²) >= 11 is 1.32. The second-order valence-electron chi connectivity index (χ2n) is 7.14. The number of aryl methyl sites for hydroxylation is 3. The summed E-state index contributed by atoms with van der Waals surface area (Å²) in [7, 11) is 0. The van der Waals surface area contributed by atoms with Crippen LogP contribution in [-0.4, -0.2) is 30.9 Å². The molecule has 1 N–H and O–H groups in total. The second-order valence-corrected chi connectivity index (χ2v) is 8.14. The van der Waals surface area contributed by atoms with Crippen LogP contribution >= 0.6 is 11.3 Å². The van der Waals surface area contributed by atoms with Crippen LogP contribution in [0.1, 0.15) is 37.9 Å². The van der Waals surface area contributed by atoms with Crippen molar-refractivity contribution >= 4 is 17.2 Å². The summed E-state index contributed by atoms with van der Waals surface area (Å²) in [4.78, 5) is 22.0. The molecule has 0 radical (unpaired) electrons. The fourth-order valence-corrected chi connectivity index (χ4v) is 4.11. The van der Waals surface area contributed by atoms with Gasteiger partial charge < -0.3 is 5.32 Å². The van der Waals surface area contributed by atoms with Crippen LogP contribution < -0.4 is 5.32 Å². The van der Waals surface area contributed by atoms with Crippen LogP contribution in [-0.2, 0) is 6.54 Å². The van der Waals surface area contributed by atoms with Crippen molar-refractivity contribution in [2.75, 3.05) is 0 Å². The van der Waals surface area contributed by atoms with E-state index in [0.29, 0.717) is 27.8 Å². The Balaban J connectivity index is 1.58. The molecule has 1 aromatic carbocycles. The van der Waals surface area contributed by atoms with E-state index < -0.39 is 0 Å². The zero-order valence-electron chi connectivity index (χ0n) is 17.3. The molecule has 4 aromatic rings. The number of hydrogen-bond donors (Lipinski definition) is 1. The first kappa shape index (κ1) is 19.9. The molecule has 0 bridgehead atoms. The number of carbonyl (C=O) groups is 1. The molecule has 0 spiro atoms. The summed E-state index contributed by atoms with van der Waals surface area (Å²) in [6, 6.07) is 11.8. The van der Waals surface area contributed by atoms with E-state index in [1.807, 2.05) is 38.1 Å². The summed E-state index contributed by atoms with van der Waals surface area (Å²) < 4.78 is 1.80. The third-order valence-electron chi connectivity index (χ3n) is 4.99. The van der Waals surface area contributed by atoms with E-state index in [-0.39, 0.29) is 5.91 Å². The van der Waals surface area contributed by atoms with Gasteiger partial charge in [-0.1, -0.05) is 17.3 Å². The van der Waals surface area contributed by atoms with Gasteiger partial charge in [0.2, 0.25) is 0 Å². The average Bonchev–Trinajstić information content (AvgIpc) is 3.31. The number of aromatic nitrogens is 5. The van der Waals surface area contributed by atoms with Gasteiger partial charge in [-0.3, -0.25) is 9.78 Å². The number of nitrogens with one attached hydrogen (secondary N) is 1. The van der Waals surface area contributed by atoms with Crippen LogP contribution in [0.2, 0.25) is 0 Å². The van der Waals surface area contributed by atoms with Crippen LogP contribution in [0.25, 0.3) is 16.4 Å². The van der Waals surface area contributed by atoms with Gasteiger partial charge >= 0.3 is 0 Å². The zero-order chi connectivity index (χ0) is 21.3. The Morgan fingerprint density at radius 1 is 1.10 bits per heavy atom. The largest absolute Gasteiger partial charge is 0.346 e. The van der Waals surface area contributed by atoms with E-state index >= 15 is 0 Å². The van der Waals surface area contributed by atoms with Gasteiger partial charge in [0.15, 0.2) is 0 Å². The van der Waals surface area contributed by atoms with E-state index in [9.17, 15) is 4.79 Å². The first-order valence-electron chi connectivity index (χ1n) is 9.60. The van der Waals surface area contributed by atoms with Crippen LogP contribution in [0.15, 0.2) is 42.6 Å². The van der Waals surface area contributed by atoms with E-state index in [0.717, 1.165) is 17.1 Å². The van der Waals surface area contributed by atoms with Crippen LogP contribution in [0.5, 0.6) is 0 Å². The summed E-state index contributed by atoms with van der Waals surface area (Å²) in [6.45, 7) is 8.32. The molecule has 0 unspecified atom stereocenters. The molecule has 1 amide bonds. The van der Waals surface area contributed by atoms with Crippen molar-refractivity contribution in [3.63, 3.8) is 0 Å². The fraction of sp³-hybridized carbons (Fsp3) is 0.227. The molecule has 0 aliphatic heterocycles. The highest BCUT2D eigenvalue weighted by Gasteiger charge is 2.20. The Hall–Kier alpha value is -3.39. The number of carbonyl (C=O) groups excluding carboxylic acids is 1.